The molecule has 4 rings (SSSR count). The van der Waals surface area contributed by atoms with Crippen molar-refractivity contribution in [3.8, 4) is 0 Å². The van der Waals surface area contributed by atoms with Crippen LogP contribution >= 0.6 is 0 Å². The van der Waals surface area contributed by atoms with Crippen molar-refractivity contribution in [3.63, 3.8) is 0 Å². The molecule has 0 radical (unpaired) electrons. The predicted molar refractivity (Wildman–Crippen MR) is 117 cm³/mol. The van der Waals surface area contributed by atoms with E-state index in [1.807, 2.05) is 24.3 Å². The Morgan fingerprint density at radius 3 is 2.48 bits per heavy atom. The smallest absolute Gasteiger partial charge is 0.255 e. The van der Waals surface area contributed by atoms with E-state index in [9.17, 15) is 9.59 Å². The van der Waals surface area contributed by atoms with E-state index in [1.54, 1.807) is 17.0 Å². The van der Waals surface area contributed by atoms with Crippen LogP contribution in [-0.2, 0) is 4.79 Å². The van der Waals surface area contributed by atoms with Crippen molar-refractivity contribution in [2.45, 2.75) is 19.8 Å². The maximum atomic E-state index is 12.8. The molecule has 0 saturated carbocycles. The molecule has 2 aromatic rings. The summed E-state index contributed by atoms with van der Waals surface area (Å²) in [6, 6.07) is 13.4. The van der Waals surface area contributed by atoms with Crippen LogP contribution in [0.4, 0.5) is 17.1 Å². The fraction of sp³-hybridized carbons (Fsp3) is 0.391. The predicted octanol–water partition coefficient (Wildman–Crippen LogP) is 3.13. The number of rotatable bonds is 4. The number of nitrogens with zero attached hydrogens (tertiary/aromatic N) is 3. The lowest BCUT2D eigenvalue weighted by atomic mass is 10.1. The van der Waals surface area contributed by atoms with Gasteiger partial charge in [-0.1, -0.05) is 6.07 Å². The molecule has 2 heterocycles. The van der Waals surface area contributed by atoms with Crippen LogP contribution in [0.5, 0.6) is 0 Å². The number of hydrogen-bond acceptors (Lipinski definition) is 4. The summed E-state index contributed by atoms with van der Waals surface area (Å²) in [6.45, 7) is 6.97. The zero-order valence-electron chi connectivity index (χ0n) is 17.1. The van der Waals surface area contributed by atoms with Gasteiger partial charge in [-0.3, -0.25) is 9.59 Å². The van der Waals surface area contributed by atoms with Gasteiger partial charge < -0.3 is 20.0 Å². The third-order valence-corrected chi connectivity index (χ3v) is 5.79. The van der Waals surface area contributed by atoms with Gasteiger partial charge in [-0.25, -0.2) is 0 Å². The highest BCUT2D eigenvalue weighted by Gasteiger charge is 2.22. The number of nitrogens with one attached hydrogen (secondary N) is 1. The molecule has 2 aromatic carbocycles. The van der Waals surface area contributed by atoms with Crippen LogP contribution in [0.15, 0.2) is 42.5 Å². The Labute approximate surface area is 172 Å². The highest BCUT2D eigenvalue weighted by molar-refractivity contribution is 6.05. The Bertz CT molecular complexity index is 919. The van der Waals surface area contributed by atoms with Gasteiger partial charge in [0.15, 0.2) is 0 Å². The molecule has 2 aliphatic rings. The van der Waals surface area contributed by atoms with Crippen molar-refractivity contribution in [1.29, 1.82) is 0 Å². The Hall–Kier alpha value is -2.86. The Balaban J connectivity index is 1.46. The zero-order valence-corrected chi connectivity index (χ0v) is 17.1. The number of amides is 2. The van der Waals surface area contributed by atoms with Gasteiger partial charge in [0.2, 0.25) is 5.91 Å². The van der Waals surface area contributed by atoms with E-state index in [-0.39, 0.29) is 11.8 Å². The van der Waals surface area contributed by atoms with Crippen LogP contribution in [0.25, 0.3) is 0 Å². The maximum Gasteiger partial charge on any atom is 0.255 e. The summed E-state index contributed by atoms with van der Waals surface area (Å²) in [6.07, 6.45) is 1.45. The summed E-state index contributed by atoms with van der Waals surface area (Å²) in [4.78, 5) is 31.2. The Kier molecular flexibility index (Phi) is 5.53. The van der Waals surface area contributed by atoms with Crippen molar-refractivity contribution in [2.24, 2.45) is 0 Å². The normalized spacial score (nSPS) is 17.7. The van der Waals surface area contributed by atoms with Crippen molar-refractivity contribution in [3.05, 3.63) is 53.6 Å². The monoisotopic (exact) mass is 392 g/mol. The van der Waals surface area contributed by atoms with Crippen LogP contribution in [0.3, 0.4) is 0 Å². The van der Waals surface area contributed by atoms with Gasteiger partial charge >= 0.3 is 0 Å². The standard InChI is InChI=1S/C23H28N4O2/c1-17-15-19(8-9-21(17)26-13-11-25(2)12-14-26)24-23(29)18-5-3-6-20(16-18)27-10-4-7-22(27)28/h3,5-6,8-9,15-16H,4,7,10-14H2,1-2H3,(H,24,29). The Morgan fingerprint density at radius 2 is 1.79 bits per heavy atom. The van der Waals surface area contributed by atoms with Gasteiger partial charge in [0.25, 0.3) is 5.91 Å². The molecular weight excluding hydrogens is 364 g/mol. The summed E-state index contributed by atoms with van der Waals surface area (Å²) >= 11 is 0. The molecule has 2 aliphatic heterocycles. The van der Waals surface area contributed by atoms with E-state index in [1.165, 1.54) is 5.69 Å². The quantitative estimate of drug-likeness (QED) is 0.869. The fourth-order valence-electron chi connectivity index (χ4n) is 4.07. The third-order valence-electron chi connectivity index (χ3n) is 5.79. The molecule has 0 aromatic heterocycles. The SMILES string of the molecule is Cc1cc(NC(=O)c2cccc(N3CCCC3=O)c2)ccc1N1CCN(C)CC1. The number of hydrogen-bond donors (Lipinski definition) is 1. The van der Waals surface area contributed by atoms with E-state index in [4.69, 9.17) is 0 Å². The first-order chi connectivity index (χ1) is 14.0. The molecule has 0 aliphatic carbocycles. The van der Waals surface area contributed by atoms with E-state index in [0.29, 0.717) is 12.0 Å². The first-order valence-electron chi connectivity index (χ1n) is 10.3. The summed E-state index contributed by atoms with van der Waals surface area (Å²) in [7, 11) is 2.15. The molecule has 152 valence electrons. The van der Waals surface area contributed by atoms with Crippen LogP contribution < -0.4 is 15.1 Å². The Morgan fingerprint density at radius 1 is 1.00 bits per heavy atom. The summed E-state index contributed by atoms with van der Waals surface area (Å²) in [5, 5.41) is 3.00. The first-order valence-corrected chi connectivity index (χ1v) is 10.3. The molecule has 2 saturated heterocycles. The van der Waals surface area contributed by atoms with Gasteiger partial charge in [-0.2, -0.15) is 0 Å². The average molecular weight is 393 g/mol. The number of likely N-dealkylation sites (N-methyl/N-ethyl adjacent to an activating group) is 1. The topological polar surface area (TPSA) is 55.9 Å². The molecule has 6 heteroatoms. The van der Waals surface area contributed by atoms with Crippen molar-refractivity contribution >= 4 is 28.9 Å². The van der Waals surface area contributed by atoms with Crippen molar-refractivity contribution in [2.75, 3.05) is 54.9 Å². The van der Waals surface area contributed by atoms with Crippen LogP contribution in [-0.4, -0.2) is 56.5 Å². The van der Waals surface area contributed by atoms with E-state index in [0.717, 1.165) is 56.1 Å². The van der Waals surface area contributed by atoms with Crippen LogP contribution in [0.2, 0.25) is 0 Å². The number of aryl methyl sites for hydroxylation is 1. The molecule has 29 heavy (non-hydrogen) atoms. The molecule has 0 bridgehead atoms. The lowest BCUT2D eigenvalue weighted by molar-refractivity contribution is -0.117. The lowest BCUT2D eigenvalue weighted by Gasteiger charge is -2.35. The number of anilines is 3. The number of benzene rings is 2. The third kappa shape index (κ3) is 4.27. The van der Waals surface area contributed by atoms with E-state index in [2.05, 4.69) is 35.2 Å². The van der Waals surface area contributed by atoms with E-state index >= 15 is 0 Å². The molecule has 0 spiro atoms. The number of carbonyl (C=O) groups is 2. The highest BCUT2D eigenvalue weighted by Crippen LogP contribution is 2.26. The number of piperazine rings is 1. The average Bonchev–Trinajstić information content (AvgIpc) is 3.15. The van der Waals surface area contributed by atoms with Gasteiger partial charge in [0.1, 0.15) is 0 Å². The molecule has 0 unspecified atom stereocenters. The fourth-order valence-corrected chi connectivity index (χ4v) is 4.07. The molecule has 1 N–H and O–H groups in total. The van der Waals surface area contributed by atoms with Crippen LogP contribution in [0.1, 0.15) is 28.8 Å². The molecule has 2 amide bonds. The summed E-state index contributed by atoms with van der Waals surface area (Å²) < 4.78 is 0. The van der Waals surface area contributed by atoms with Gasteiger partial charge in [-0.05, 0) is 62.4 Å². The molecule has 6 nitrogen and oxygen atoms in total. The second-order valence-electron chi connectivity index (χ2n) is 7.94. The minimum atomic E-state index is -0.162. The number of carbonyl (C=O) groups excluding carboxylic acids is 2. The van der Waals surface area contributed by atoms with Gasteiger partial charge in [0.05, 0.1) is 0 Å². The summed E-state index contributed by atoms with van der Waals surface area (Å²) in [5.74, 6) is -0.0390. The lowest BCUT2D eigenvalue weighted by Crippen LogP contribution is -2.44. The van der Waals surface area contributed by atoms with E-state index < -0.39 is 0 Å². The zero-order chi connectivity index (χ0) is 20.4. The van der Waals surface area contributed by atoms with Crippen LogP contribution in [0, 0.1) is 6.92 Å². The highest BCUT2D eigenvalue weighted by atomic mass is 16.2. The largest absolute Gasteiger partial charge is 0.369 e. The van der Waals surface area contributed by atoms with Crippen molar-refractivity contribution < 1.29 is 9.59 Å². The van der Waals surface area contributed by atoms with Gasteiger partial charge in [-0.15, -0.1) is 0 Å². The first kappa shape index (κ1) is 19.5. The molecule has 2 fully saturated rings. The minimum absolute atomic E-state index is 0.123. The van der Waals surface area contributed by atoms with Crippen molar-refractivity contribution in [1.82, 2.24) is 4.90 Å². The van der Waals surface area contributed by atoms with Gasteiger partial charge in [0, 0.05) is 61.8 Å². The maximum absolute atomic E-state index is 12.8. The minimum Gasteiger partial charge on any atom is -0.369 e. The molecular formula is C23H28N4O2. The molecule has 0 atom stereocenters. The summed E-state index contributed by atoms with van der Waals surface area (Å²) in [5.41, 5.74) is 4.52. The second-order valence-corrected chi connectivity index (χ2v) is 7.94. The second kappa shape index (κ2) is 8.25.